The van der Waals surface area contributed by atoms with Crippen molar-refractivity contribution in [1.82, 2.24) is 25.1 Å². The van der Waals surface area contributed by atoms with Crippen LogP contribution in [-0.2, 0) is 23.0 Å². The maximum absolute atomic E-state index is 14.5. The lowest BCUT2D eigenvalue weighted by atomic mass is 9.94. The number of hydrogen-bond donors (Lipinski definition) is 2. The Morgan fingerprint density at radius 3 is 2.39 bits per heavy atom. The number of rotatable bonds is 7. The minimum Gasteiger partial charge on any atom is -0.493 e. The highest BCUT2D eigenvalue weighted by Crippen LogP contribution is 2.46. The fourth-order valence-electron chi connectivity index (χ4n) is 6.90. The Hall–Kier alpha value is -4.06. The van der Waals surface area contributed by atoms with E-state index in [0.717, 1.165) is 82.8 Å². The maximum Gasteiger partial charge on any atom is 0.416 e. The van der Waals surface area contributed by atoms with Crippen LogP contribution in [0.1, 0.15) is 52.7 Å². The molecule has 2 aromatic heterocycles. The molecule has 4 aromatic rings. The van der Waals surface area contributed by atoms with Crippen LogP contribution in [0.2, 0.25) is 0 Å². The number of hydrogen-bond acceptors (Lipinski definition) is 7. The topological polar surface area (TPSA) is 90.8 Å². The van der Waals surface area contributed by atoms with E-state index in [0.29, 0.717) is 29.4 Å². The zero-order valence-electron chi connectivity index (χ0n) is 25.4. The molecule has 8 nitrogen and oxygen atoms in total. The molecule has 11 heteroatoms. The number of carbonyl (C=O) groups excluding carboxylic acids is 1. The molecule has 1 amide bonds. The standard InChI is InChI=1S/C35H36F3N5O3/c36-35(37,38)25-8-4-5-23(21-25)31-27(22-42-15-11-26(12-16-42)43-17-19-46-20-18-43)30(32-28(39-31)9-10-29(44)40-32)33(45)41-34(13-14-34)24-6-2-1-3-7-24/h1-10,21,26H,11-20,22H2,(H,40,44)(H,41,45). The van der Waals surface area contributed by atoms with Gasteiger partial charge in [-0.25, -0.2) is 9.97 Å². The summed E-state index contributed by atoms with van der Waals surface area (Å²) in [6.45, 7) is 5.07. The third-order valence-corrected chi connectivity index (χ3v) is 9.54. The molecular weight excluding hydrogens is 595 g/mol. The van der Waals surface area contributed by atoms with Gasteiger partial charge >= 0.3 is 6.18 Å². The first kappa shape index (κ1) is 30.6. The van der Waals surface area contributed by atoms with Crippen LogP contribution in [0.15, 0.2) is 66.7 Å². The third-order valence-electron chi connectivity index (χ3n) is 9.54. The number of fused-ring (bicyclic) bond motifs is 1. The molecule has 1 saturated carbocycles. The van der Waals surface area contributed by atoms with Gasteiger partial charge in [-0.1, -0.05) is 42.5 Å². The van der Waals surface area contributed by atoms with Gasteiger partial charge in [0.25, 0.3) is 5.91 Å². The highest BCUT2D eigenvalue weighted by atomic mass is 19.4. The fraction of sp³-hybridized carbons (Fsp3) is 0.400. The number of morpholine rings is 1. The summed E-state index contributed by atoms with van der Waals surface area (Å²) in [7, 11) is 0. The minimum absolute atomic E-state index is 0.218. The average Bonchev–Trinajstić information content (AvgIpc) is 3.85. The normalized spacial score (nSPS) is 19.3. The number of amides is 1. The summed E-state index contributed by atoms with van der Waals surface area (Å²) in [6, 6.07) is 18.2. The van der Waals surface area contributed by atoms with Crippen molar-refractivity contribution in [2.24, 2.45) is 0 Å². The number of carbonyl (C=O) groups is 1. The number of ether oxygens (including phenoxy) is 1. The molecule has 2 N–H and O–H groups in total. The van der Waals surface area contributed by atoms with E-state index in [4.69, 9.17) is 9.72 Å². The molecule has 240 valence electrons. The molecule has 46 heavy (non-hydrogen) atoms. The van der Waals surface area contributed by atoms with E-state index in [1.54, 1.807) is 12.1 Å². The Balaban J connectivity index is 1.31. The van der Waals surface area contributed by atoms with Crippen LogP contribution < -0.4 is 5.32 Å². The number of nitrogens with one attached hydrogen (secondary N) is 1. The van der Waals surface area contributed by atoms with Crippen LogP contribution in [-0.4, -0.2) is 76.2 Å². The quantitative estimate of drug-likeness (QED) is 0.269. The number of benzene rings is 2. The molecule has 1 aliphatic carbocycles. The van der Waals surface area contributed by atoms with E-state index in [9.17, 15) is 23.1 Å². The Morgan fingerprint density at radius 2 is 1.70 bits per heavy atom. The van der Waals surface area contributed by atoms with Gasteiger partial charge in [0.05, 0.1) is 41.1 Å². The van der Waals surface area contributed by atoms with Crippen molar-refractivity contribution in [1.29, 1.82) is 0 Å². The van der Waals surface area contributed by atoms with Gasteiger partial charge in [-0.15, -0.1) is 0 Å². The molecule has 3 aliphatic rings. The second-order valence-electron chi connectivity index (χ2n) is 12.5. The molecule has 2 saturated heterocycles. The van der Waals surface area contributed by atoms with Gasteiger partial charge < -0.3 is 15.2 Å². The SMILES string of the molecule is O=C(NC1(c2ccccc2)CC1)c1c(CN2CCC(N3CCOCC3)CC2)c(-c2cccc(C(F)(F)F)c2)nc2ccc(O)nc12. The fourth-order valence-corrected chi connectivity index (χ4v) is 6.90. The number of pyridine rings is 2. The zero-order chi connectivity index (χ0) is 31.9. The van der Waals surface area contributed by atoms with E-state index in [1.165, 1.54) is 12.1 Å². The number of alkyl halides is 3. The molecule has 0 atom stereocenters. The predicted octanol–water partition coefficient (Wildman–Crippen LogP) is 5.74. The summed E-state index contributed by atoms with van der Waals surface area (Å²) in [5.41, 5.74) is 1.47. The lowest BCUT2D eigenvalue weighted by molar-refractivity contribution is -0.137. The molecule has 2 aromatic carbocycles. The van der Waals surface area contributed by atoms with Crippen molar-refractivity contribution in [2.45, 2.75) is 50.0 Å². The monoisotopic (exact) mass is 631 g/mol. The average molecular weight is 632 g/mol. The number of likely N-dealkylation sites (tertiary alicyclic amines) is 1. The number of nitrogens with zero attached hydrogens (tertiary/aromatic N) is 4. The second-order valence-corrected chi connectivity index (χ2v) is 12.5. The largest absolute Gasteiger partial charge is 0.493 e. The van der Waals surface area contributed by atoms with Crippen molar-refractivity contribution < 1.29 is 27.8 Å². The van der Waals surface area contributed by atoms with Crippen LogP contribution in [0, 0.1) is 0 Å². The zero-order valence-corrected chi connectivity index (χ0v) is 25.4. The van der Waals surface area contributed by atoms with Gasteiger partial charge in [0, 0.05) is 42.9 Å². The Bertz CT molecular complexity index is 1730. The van der Waals surface area contributed by atoms with Crippen LogP contribution in [0.5, 0.6) is 5.88 Å². The second kappa shape index (κ2) is 12.3. The van der Waals surface area contributed by atoms with Gasteiger partial charge in [0.2, 0.25) is 5.88 Å². The van der Waals surface area contributed by atoms with Crippen LogP contribution >= 0.6 is 0 Å². The van der Waals surface area contributed by atoms with E-state index in [2.05, 4.69) is 20.1 Å². The van der Waals surface area contributed by atoms with Crippen molar-refractivity contribution in [3.8, 4) is 17.1 Å². The van der Waals surface area contributed by atoms with Gasteiger partial charge in [-0.2, -0.15) is 13.2 Å². The van der Waals surface area contributed by atoms with E-state index >= 15 is 0 Å². The molecular formula is C35H36F3N5O3. The molecule has 0 unspecified atom stereocenters. The highest BCUT2D eigenvalue weighted by Gasteiger charge is 2.46. The summed E-state index contributed by atoms with van der Waals surface area (Å²) in [5, 5.41) is 13.7. The van der Waals surface area contributed by atoms with Gasteiger partial charge in [0.1, 0.15) is 5.52 Å². The summed E-state index contributed by atoms with van der Waals surface area (Å²) in [5.74, 6) is -0.657. The molecule has 2 aliphatic heterocycles. The van der Waals surface area contributed by atoms with Crippen molar-refractivity contribution >= 4 is 16.9 Å². The molecule has 0 radical (unpaired) electrons. The highest BCUT2D eigenvalue weighted by molar-refractivity contribution is 6.08. The molecule has 0 bridgehead atoms. The molecule has 7 rings (SSSR count). The number of halogens is 3. The lowest BCUT2D eigenvalue weighted by Crippen LogP contribution is -2.48. The Labute approximate surface area is 265 Å². The van der Waals surface area contributed by atoms with E-state index in [-0.39, 0.29) is 22.5 Å². The maximum atomic E-state index is 14.5. The van der Waals surface area contributed by atoms with Crippen LogP contribution in [0.4, 0.5) is 13.2 Å². The van der Waals surface area contributed by atoms with Gasteiger partial charge in [0.15, 0.2) is 0 Å². The van der Waals surface area contributed by atoms with Crippen molar-refractivity contribution in [3.63, 3.8) is 0 Å². The summed E-state index contributed by atoms with van der Waals surface area (Å²) in [6.07, 6.45) is -1.17. The number of aromatic hydroxyl groups is 1. The van der Waals surface area contributed by atoms with E-state index in [1.807, 2.05) is 30.3 Å². The molecule has 0 spiro atoms. The molecule has 4 heterocycles. The minimum atomic E-state index is -4.55. The summed E-state index contributed by atoms with van der Waals surface area (Å²) in [4.78, 5) is 28.3. The van der Waals surface area contributed by atoms with Crippen LogP contribution in [0.25, 0.3) is 22.3 Å². The molecule has 3 fully saturated rings. The van der Waals surface area contributed by atoms with E-state index < -0.39 is 23.2 Å². The first-order valence-electron chi connectivity index (χ1n) is 15.8. The third kappa shape index (κ3) is 6.19. The number of aromatic nitrogens is 2. The number of piperidine rings is 1. The van der Waals surface area contributed by atoms with Gasteiger partial charge in [-0.3, -0.25) is 14.6 Å². The first-order chi connectivity index (χ1) is 22.2. The smallest absolute Gasteiger partial charge is 0.416 e. The lowest BCUT2D eigenvalue weighted by Gasteiger charge is -2.40. The predicted molar refractivity (Wildman–Crippen MR) is 167 cm³/mol. The Kier molecular flexibility index (Phi) is 8.16. The summed E-state index contributed by atoms with van der Waals surface area (Å²) >= 11 is 0. The van der Waals surface area contributed by atoms with Crippen molar-refractivity contribution in [2.75, 3.05) is 39.4 Å². The first-order valence-corrected chi connectivity index (χ1v) is 15.8. The summed E-state index contributed by atoms with van der Waals surface area (Å²) < 4.78 is 47.1. The Morgan fingerprint density at radius 1 is 0.957 bits per heavy atom. The van der Waals surface area contributed by atoms with Crippen molar-refractivity contribution in [3.05, 3.63) is 89.0 Å². The van der Waals surface area contributed by atoms with Gasteiger partial charge in [-0.05, 0) is 62.5 Å². The van der Waals surface area contributed by atoms with Crippen LogP contribution in [0.3, 0.4) is 0 Å².